The van der Waals surface area contributed by atoms with Crippen molar-refractivity contribution >= 4 is 30.1 Å². The van der Waals surface area contributed by atoms with E-state index in [0.717, 1.165) is 29.3 Å². The van der Waals surface area contributed by atoms with Gasteiger partial charge in [0.25, 0.3) is 0 Å². The van der Waals surface area contributed by atoms with Crippen LogP contribution in [0.1, 0.15) is 17.0 Å². The minimum absolute atomic E-state index is 0. The fraction of sp³-hybridized carbons (Fsp3) is 0.692. The van der Waals surface area contributed by atoms with Crippen LogP contribution >= 0.6 is 24.2 Å². The van der Waals surface area contributed by atoms with E-state index in [1.165, 1.54) is 0 Å². The second-order valence-electron chi connectivity index (χ2n) is 5.09. The molecule has 6 nitrogen and oxygen atoms in total. The van der Waals surface area contributed by atoms with Gasteiger partial charge in [0.2, 0.25) is 5.91 Å². The first-order valence-electron chi connectivity index (χ1n) is 6.73. The van der Waals surface area contributed by atoms with Gasteiger partial charge in [0.05, 0.1) is 17.6 Å². The molecule has 0 saturated carbocycles. The Morgan fingerprint density at radius 1 is 1.52 bits per heavy atom. The summed E-state index contributed by atoms with van der Waals surface area (Å²) < 4.78 is 5.08. The van der Waals surface area contributed by atoms with Gasteiger partial charge in [-0.2, -0.15) is 0 Å². The molecule has 1 aliphatic heterocycles. The molecule has 120 valence electrons. The largest absolute Gasteiger partial charge is 0.391 e. The van der Waals surface area contributed by atoms with E-state index < -0.39 is 0 Å². The highest BCUT2D eigenvalue weighted by Gasteiger charge is 2.24. The molecule has 2 unspecified atom stereocenters. The summed E-state index contributed by atoms with van der Waals surface area (Å²) in [6.07, 6.45) is -0.356. The quantitative estimate of drug-likeness (QED) is 0.707. The molecule has 2 atom stereocenters. The molecular formula is C13H22ClN3O3S. The number of halogens is 1. The van der Waals surface area contributed by atoms with Gasteiger partial charge in [-0.25, -0.2) is 0 Å². The number of hydrogen-bond acceptors (Lipinski definition) is 6. The zero-order valence-electron chi connectivity index (χ0n) is 12.2. The monoisotopic (exact) mass is 335 g/mol. The highest BCUT2D eigenvalue weighted by Crippen LogP contribution is 2.19. The van der Waals surface area contributed by atoms with Gasteiger partial charge in [-0.1, -0.05) is 5.16 Å². The van der Waals surface area contributed by atoms with E-state index >= 15 is 0 Å². The zero-order valence-corrected chi connectivity index (χ0v) is 13.9. The summed E-state index contributed by atoms with van der Waals surface area (Å²) >= 11 is 1.54. The number of aliphatic hydroxyl groups is 1. The molecule has 1 fully saturated rings. The number of nitrogens with zero attached hydrogens (tertiary/aromatic N) is 1. The first-order valence-corrected chi connectivity index (χ1v) is 7.88. The average Bonchev–Trinajstić information content (AvgIpc) is 2.96. The van der Waals surface area contributed by atoms with Crippen LogP contribution < -0.4 is 10.6 Å². The van der Waals surface area contributed by atoms with Crippen LogP contribution in [-0.4, -0.2) is 47.7 Å². The summed E-state index contributed by atoms with van der Waals surface area (Å²) in [7, 11) is 0. The van der Waals surface area contributed by atoms with Crippen LogP contribution in [0, 0.1) is 19.8 Å². The highest BCUT2D eigenvalue weighted by molar-refractivity contribution is 7.99. The van der Waals surface area contributed by atoms with Crippen molar-refractivity contribution in [2.75, 3.05) is 25.4 Å². The molecule has 1 aliphatic rings. The molecule has 2 heterocycles. The minimum atomic E-state index is -0.356. The van der Waals surface area contributed by atoms with Gasteiger partial charge >= 0.3 is 0 Å². The molecule has 0 radical (unpaired) electrons. The van der Waals surface area contributed by atoms with Gasteiger partial charge in [-0.05, 0) is 13.8 Å². The summed E-state index contributed by atoms with van der Waals surface area (Å²) in [6, 6.07) is 0. The second kappa shape index (κ2) is 8.63. The molecule has 2 rings (SSSR count). The van der Waals surface area contributed by atoms with Crippen LogP contribution in [0.4, 0.5) is 0 Å². The van der Waals surface area contributed by atoms with Crippen LogP contribution in [-0.2, 0) is 10.5 Å². The first kappa shape index (κ1) is 18.3. The number of thioether (sulfide) groups is 1. The summed E-state index contributed by atoms with van der Waals surface area (Å²) in [6.45, 7) is 5.68. The molecule has 1 saturated heterocycles. The smallest absolute Gasteiger partial charge is 0.230 e. The van der Waals surface area contributed by atoms with E-state index in [0.29, 0.717) is 18.8 Å². The van der Waals surface area contributed by atoms with Gasteiger partial charge in [-0.15, -0.1) is 24.2 Å². The number of aliphatic hydroxyl groups excluding tert-OH is 1. The Labute approximate surface area is 134 Å². The average molecular weight is 336 g/mol. The number of carbonyl (C=O) groups excluding carboxylic acids is 1. The summed E-state index contributed by atoms with van der Waals surface area (Å²) in [5, 5.41) is 19.5. The second-order valence-corrected chi connectivity index (χ2v) is 6.07. The molecule has 21 heavy (non-hydrogen) atoms. The van der Waals surface area contributed by atoms with Gasteiger partial charge in [0.1, 0.15) is 5.76 Å². The van der Waals surface area contributed by atoms with E-state index in [1.807, 2.05) is 13.8 Å². The normalized spacial score (nSPS) is 21.1. The lowest BCUT2D eigenvalue weighted by Crippen LogP contribution is -2.35. The fourth-order valence-corrected chi connectivity index (χ4v) is 3.18. The maximum atomic E-state index is 11.7. The Bertz CT molecular complexity index is 450. The number of nitrogens with one attached hydrogen (secondary N) is 2. The van der Waals surface area contributed by atoms with Crippen molar-refractivity contribution in [1.82, 2.24) is 15.8 Å². The van der Waals surface area contributed by atoms with E-state index in [2.05, 4.69) is 15.8 Å². The number of rotatable bonds is 6. The third-order valence-electron chi connectivity index (χ3n) is 3.53. The van der Waals surface area contributed by atoms with Gasteiger partial charge in [0, 0.05) is 36.9 Å². The molecule has 0 aromatic carbocycles. The van der Waals surface area contributed by atoms with Crippen molar-refractivity contribution in [3.63, 3.8) is 0 Å². The summed E-state index contributed by atoms with van der Waals surface area (Å²) in [5.74, 6) is 2.06. The number of aryl methyl sites for hydroxylation is 2. The SMILES string of the molecule is Cc1noc(C)c1CSCC(=O)NCC1CNCC1O.Cl. The van der Waals surface area contributed by atoms with Crippen molar-refractivity contribution in [2.45, 2.75) is 25.7 Å². The molecule has 1 amide bonds. The molecule has 0 spiro atoms. The molecule has 1 aromatic heterocycles. The molecule has 3 N–H and O–H groups in total. The summed E-state index contributed by atoms with van der Waals surface area (Å²) in [4.78, 5) is 11.7. The fourth-order valence-electron chi connectivity index (χ4n) is 2.18. The van der Waals surface area contributed by atoms with Crippen LogP contribution in [0.3, 0.4) is 0 Å². The Morgan fingerprint density at radius 3 is 2.86 bits per heavy atom. The van der Waals surface area contributed by atoms with E-state index in [1.54, 1.807) is 11.8 Å². The minimum Gasteiger partial charge on any atom is -0.391 e. The van der Waals surface area contributed by atoms with Gasteiger partial charge in [-0.3, -0.25) is 4.79 Å². The van der Waals surface area contributed by atoms with Crippen molar-refractivity contribution in [3.8, 4) is 0 Å². The Hall–Kier alpha value is -0.760. The molecule has 0 bridgehead atoms. The lowest BCUT2D eigenvalue weighted by atomic mass is 10.1. The maximum Gasteiger partial charge on any atom is 0.230 e. The summed E-state index contributed by atoms with van der Waals surface area (Å²) in [5.41, 5.74) is 1.95. The molecule has 0 aliphatic carbocycles. The first-order chi connectivity index (χ1) is 9.58. The van der Waals surface area contributed by atoms with E-state index in [-0.39, 0.29) is 30.3 Å². The van der Waals surface area contributed by atoms with Crippen molar-refractivity contribution in [2.24, 2.45) is 5.92 Å². The zero-order chi connectivity index (χ0) is 14.5. The number of β-amino-alcohol motifs (C(OH)–C–C–N with tert-alkyl or cyclic N) is 1. The Morgan fingerprint density at radius 2 is 2.29 bits per heavy atom. The third kappa shape index (κ3) is 5.18. The number of amides is 1. The van der Waals surface area contributed by atoms with Crippen LogP contribution in [0.25, 0.3) is 0 Å². The van der Waals surface area contributed by atoms with Crippen molar-refractivity contribution in [1.29, 1.82) is 0 Å². The molecule has 1 aromatic rings. The van der Waals surface area contributed by atoms with E-state index in [9.17, 15) is 9.90 Å². The van der Waals surface area contributed by atoms with Crippen LogP contribution in [0.5, 0.6) is 0 Å². The van der Waals surface area contributed by atoms with Crippen molar-refractivity contribution < 1.29 is 14.4 Å². The number of hydrogen-bond donors (Lipinski definition) is 3. The lowest BCUT2D eigenvalue weighted by Gasteiger charge is -2.13. The maximum absolute atomic E-state index is 11.7. The Kier molecular flexibility index (Phi) is 7.51. The van der Waals surface area contributed by atoms with E-state index in [4.69, 9.17) is 4.52 Å². The van der Waals surface area contributed by atoms with Crippen LogP contribution in [0.2, 0.25) is 0 Å². The number of aromatic nitrogens is 1. The van der Waals surface area contributed by atoms with Crippen LogP contribution in [0.15, 0.2) is 4.52 Å². The molecule has 8 heteroatoms. The molecular weight excluding hydrogens is 314 g/mol. The third-order valence-corrected chi connectivity index (χ3v) is 4.49. The predicted molar refractivity (Wildman–Crippen MR) is 84.8 cm³/mol. The number of carbonyl (C=O) groups is 1. The topological polar surface area (TPSA) is 87.4 Å². The predicted octanol–water partition coefficient (Wildman–Crippen LogP) is 0.643. The highest BCUT2D eigenvalue weighted by atomic mass is 35.5. The standard InChI is InChI=1S/C13H21N3O3S.ClH/c1-8-11(9(2)19-16-8)6-20-7-13(18)15-4-10-3-14-5-12(10)17;/h10,12,14,17H,3-7H2,1-2H3,(H,15,18);1H. The lowest BCUT2D eigenvalue weighted by molar-refractivity contribution is -0.118. The van der Waals surface area contributed by atoms with Crippen molar-refractivity contribution in [3.05, 3.63) is 17.0 Å². The van der Waals surface area contributed by atoms with Gasteiger partial charge in [0.15, 0.2) is 0 Å². The van der Waals surface area contributed by atoms with Gasteiger partial charge < -0.3 is 20.3 Å². The Balaban J connectivity index is 0.00000220.